The van der Waals surface area contributed by atoms with Gasteiger partial charge >= 0.3 is 0 Å². The standard InChI is InChI=1S/C15H20N4S/c1-12-4-6-13(7-5-12)17-15(20)19-11-3-10-18-9-2-8-16-14(18)19/h4-7H,2-3,8-11H2,1H3,(H,17,20). The van der Waals surface area contributed by atoms with E-state index in [1.807, 2.05) is 0 Å². The van der Waals surface area contributed by atoms with Crippen LogP contribution in [0.3, 0.4) is 0 Å². The van der Waals surface area contributed by atoms with Crippen molar-refractivity contribution in [3.63, 3.8) is 0 Å². The predicted octanol–water partition coefficient (Wildman–Crippen LogP) is 2.46. The molecule has 5 heteroatoms. The molecule has 106 valence electrons. The summed E-state index contributed by atoms with van der Waals surface area (Å²) in [7, 11) is 0. The lowest BCUT2D eigenvalue weighted by atomic mass is 10.2. The van der Waals surface area contributed by atoms with Crippen LogP contribution in [0.4, 0.5) is 5.69 Å². The molecule has 1 N–H and O–H groups in total. The molecule has 2 aliphatic rings. The van der Waals surface area contributed by atoms with Crippen LogP contribution in [-0.4, -0.2) is 47.1 Å². The molecule has 0 saturated carbocycles. The Hall–Kier alpha value is -1.62. The van der Waals surface area contributed by atoms with Gasteiger partial charge in [-0.25, -0.2) is 0 Å². The van der Waals surface area contributed by atoms with E-state index in [0.717, 1.165) is 55.8 Å². The first-order chi connectivity index (χ1) is 9.74. The minimum absolute atomic E-state index is 0.749. The number of thiocarbonyl (C=S) groups is 1. The average molecular weight is 288 g/mol. The minimum atomic E-state index is 0.749. The van der Waals surface area contributed by atoms with Crippen molar-refractivity contribution in [2.75, 3.05) is 31.5 Å². The molecule has 0 unspecified atom stereocenters. The van der Waals surface area contributed by atoms with Gasteiger partial charge in [0.2, 0.25) is 5.96 Å². The third-order valence-corrected chi connectivity index (χ3v) is 4.04. The molecule has 2 heterocycles. The van der Waals surface area contributed by atoms with Crippen LogP contribution in [-0.2, 0) is 0 Å². The Morgan fingerprint density at radius 3 is 2.70 bits per heavy atom. The van der Waals surface area contributed by atoms with Crippen molar-refractivity contribution in [2.24, 2.45) is 4.99 Å². The molecule has 0 spiro atoms. The Labute approximate surface area is 125 Å². The molecule has 0 aliphatic carbocycles. The van der Waals surface area contributed by atoms with Gasteiger partial charge in [-0.05, 0) is 44.1 Å². The van der Waals surface area contributed by atoms with Crippen molar-refractivity contribution in [1.29, 1.82) is 0 Å². The molecule has 0 amide bonds. The first-order valence-corrected chi connectivity index (χ1v) is 7.59. The molecular formula is C15H20N4S. The van der Waals surface area contributed by atoms with Crippen molar-refractivity contribution in [1.82, 2.24) is 9.80 Å². The van der Waals surface area contributed by atoms with E-state index in [4.69, 9.17) is 12.2 Å². The monoisotopic (exact) mass is 288 g/mol. The maximum Gasteiger partial charge on any atom is 0.202 e. The smallest absolute Gasteiger partial charge is 0.202 e. The zero-order chi connectivity index (χ0) is 13.9. The summed E-state index contributed by atoms with van der Waals surface area (Å²) in [6.45, 7) is 6.15. The lowest BCUT2D eigenvalue weighted by molar-refractivity contribution is 0.297. The number of aliphatic imine (C=N–C) groups is 1. The minimum Gasteiger partial charge on any atom is -0.342 e. The fourth-order valence-corrected chi connectivity index (χ4v) is 2.94. The van der Waals surface area contributed by atoms with Crippen LogP contribution in [0.5, 0.6) is 0 Å². The summed E-state index contributed by atoms with van der Waals surface area (Å²) < 4.78 is 0. The van der Waals surface area contributed by atoms with E-state index in [1.54, 1.807) is 0 Å². The van der Waals surface area contributed by atoms with Crippen molar-refractivity contribution in [2.45, 2.75) is 19.8 Å². The van der Waals surface area contributed by atoms with Crippen molar-refractivity contribution < 1.29 is 0 Å². The molecule has 4 nitrogen and oxygen atoms in total. The van der Waals surface area contributed by atoms with Gasteiger partial charge in [-0.1, -0.05) is 17.7 Å². The number of nitrogens with one attached hydrogen (secondary N) is 1. The van der Waals surface area contributed by atoms with E-state index in [1.165, 1.54) is 5.56 Å². The lowest BCUT2D eigenvalue weighted by Gasteiger charge is -2.41. The molecule has 1 fully saturated rings. The number of nitrogens with zero attached hydrogens (tertiary/aromatic N) is 3. The topological polar surface area (TPSA) is 30.9 Å². The van der Waals surface area contributed by atoms with Gasteiger partial charge in [-0.15, -0.1) is 0 Å². The van der Waals surface area contributed by atoms with Gasteiger partial charge in [-0.2, -0.15) is 0 Å². The summed E-state index contributed by atoms with van der Waals surface area (Å²) in [5.74, 6) is 1.05. The number of rotatable bonds is 1. The number of aryl methyl sites for hydroxylation is 1. The highest BCUT2D eigenvalue weighted by atomic mass is 32.1. The highest BCUT2D eigenvalue weighted by molar-refractivity contribution is 7.80. The number of benzene rings is 1. The van der Waals surface area contributed by atoms with Gasteiger partial charge < -0.3 is 10.2 Å². The number of anilines is 1. The van der Waals surface area contributed by atoms with Gasteiger partial charge in [0.25, 0.3) is 0 Å². The van der Waals surface area contributed by atoms with E-state index in [0.29, 0.717) is 0 Å². The first kappa shape index (κ1) is 13.4. The van der Waals surface area contributed by atoms with Gasteiger partial charge in [-0.3, -0.25) is 9.89 Å². The molecule has 0 atom stereocenters. The Kier molecular flexibility index (Phi) is 3.87. The third-order valence-electron chi connectivity index (χ3n) is 3.72. The normalized spacial score (nSPS) is 18.4. The first-order valence-electron chi connectivity index (χ1n) is 7.18. The Morgan fingerprint density at radius 2 is 1.90 bits per heavy atom. The highest BCUT2D eigenvalue weighted by Gasteiger charge is 2.27. The Bertz CT molecular complexity index is 523. The van der Waals surface area contributed by atoms with Crippen LogP contribution in [0.1, 0.15) is 18.4 Å². The van der Waals surface area contributed by atoms with Crippen LogP contribution >= 0.6 is 12.2 Å². The number of hydrogen-bond donors (Lipinski definition) is 1. The number of guanidine groups is 1. The second-order valence-electron chi connectivity index (χ2n) is 5.32. The van der Waals surface area contributed by atoms with E-state index < -0.39 is 0 Å². The summed E-state index contributed by atoms with van der Waals surface area (Å²) in [5.41, 5.74) is 2.29. The fraction of sp³-hybridized carbons (Fsp3) is 0.467. The van der Waals surface area contributed by atoms with Gasteiger partial charge in [0, 0.05) is 31.9 Å². The summed E-state index contributed by atoms with van der Waals surface area (Å²) in [6.07, 6.45) is 2.28. The lowest BCUT2D eigenvalue weighted by Crippen LogP contribution is -2.55. The number of fused-ring (bicyclic) bond motifs is 1. The van der Waals surface area contributed by atoms with E-state index in [-0.39, 0.29) is 0 Å². The van der Waals surface area contributed by atoms with Crippen LogP contribution in [0.25, 0.3) is 0 Å². The zero-order valence-corrected chi connectivity index (χ0v) is 12.6. The summed E-state index contributed by atoms with van der Waals surface area (Å²) >= 11 is 5.56. The summed E-state index contributed by atoms with van der Waals surface area (Å²) in [4.78, 5) is 9.13. The fourth-order valence-electron chi connectivity index (χ4n) is 2.65. The molecule has 1 aromatic carbocycles. The molecule has 20 heavy (non-hydrogen) atoms. The van der Waals surface area contributed by atoms with E-state index in [9.17, 15) is 0 Å². The van der Waals surface area contributed by atoms with E-state index in [2.05, 4.69) is 51.3 Å². The molecule has 3 rings (SSSR count). The summed E-state index contributed by atoms with van der Waals surface area (Å²) in [5, 5.41) is 4.07. The van der Waals surface area contributed by atoms with Crippen molar-refractivity contribution >= 4 is 29.0 Å². The average Bonchev–Trinajstić information content (AvgIpc) is 2.49. The van der Waals surface area contributed by atoms with Gasteiger partial charge in [0.1, 0.15) is 0 Å². The Balaban J connectivity index is 1.72. The molecular weight excluding hydrogens is 268 g/mol. The van der Waals surface area contributed by atoms with Crippen LogP contribution < -0.4 is 5.32 Å². The molecule has 0 bridgehead atoms. The van der Waals surface area contributed by atoms with Crippen LogP contribution in [0.2, 0.25) is 0 Å². The van der Waals surface area contributed by atoms with Crippen LogP contribution in [0, 0.1) is 6.92 Å². The molecule has 2 aliphatic heterocycles. The van der Waals surface area contributed by atoms with Crippen LogP contribution in [0.15, 0.2) is 29.3 Å². The molecule has 1 saturated heterocycles. The zero-order valence-electron chi connectivity index (χ0n) is 11.8. The SMILES string of the molecule is Cc1ccc(NC(=S)N2CCCN3CCCN=C32)cc1. The largest absolute Gasteiger partial charge is 0.342 e. The van der Waals surface area contributed by atoms with E-state index >= 15 is 0 Å². The molecule has 1 aromatic rings. The van der Waals surface area contributed by atoms with Crippen molar-refractivity contribution in [3.05, 3.63) is 29.8 Å². The van der Waals surface area contributed by atoms with Gasteiger partial charge in [0.05, 0.1) is 0 Å². The maximum atomic E-state index is 5.56. The van der Waals surface area contributed by atoms with Crippen molar-refractivity contribution in [3.8, 4) is 0 Å². The third kappa shape index (κ3) is 2.77. The molecule has 0 aromatic heterocycles. The Morgan fingerprint density at radius 1 is 1.15 bits per heavy atom. The van der Waals surface area contributed by atoms with Gasteiger partial charge in [0.15, 0.2) is 5.11 Å². The molecule has 0 radical (unpaired) electrons. The quantitative estimate of drug-likeness (QED) is 0.804. The number of hydrogen-bond acceptors (Lipinski definition) is 3. The summed E-state index contributed by atoms with van der Waals surface area (Å²) in [6, 6.07) is 8.30. The maximum absolute atomic E-state index is 5.56. The second-order valence-corrected chi connectivity index (χ2v) is 5.71. The highest BCUT2D eigenvalue weighted by Crippen LogP contribution is 2.16. The second kappa shape index (κ2) is 5.79. The predicted molar refractivity (Wildman–Crippen MR) is 87.2 cm³/mol.